The van der Waals surface area contributed by atoms with E-state index in [1.807, 2.05) is 0 Å². The van der Waals surface area contributed by atoms with Gasteiger partial charge in [-0.15, -0.1) is 0 Å². The van der Waals surface area contributed by atoms with Crippen molar-refractivity contribution in [3.8, 4) is 44.1 Å². The van der Waals surface area contributed by atoms with E-state index < -0.39 is 5.78 Å². The maximum atomic E-state index is 13.9. The first-order valence-electron chi connectivity index (χ1n) is 10.4. The second-order valence-corrected chi connectivity index (χ2v) is 9.31. The number of furan rings is 2. The van der Waals surface area contributed by atoms with Crippen LogP contribution in [0.1, 0.15) is 16.2 Å². The number of aromatic nitrogens is 6. The Kier molecular flexibility index (Phi) is 5.32. The Hall–Kier alpha value is -4.75. The van der Waals surface area contributed by atoms with Crippen molar-refractivity contribution in [3.05, 3.63) is 73.0 Å². The number of ketones is 1. The van der Waals surface area contributed by atoms with E-state index in [0.29, 0.717) is 54.3 Å². The Bertz CT molecular complexity index is 1570. The Morgan fingerprint density at radius 1 is 0.667 bits per heavy atom. The second-order valence-electron chi connectivity index (χ2n) is 7.25. The minimum Gasteiger partial charge on any atom is -0.463 e. The molecule has 0 aromatic carbocycles. The van der Waals surface area contributed by atoms with Crippen LogP contribution in [0, 0.1) is 0 Å². The molecule has 0 bridgehead atoms. The Morgan fingerprint density at radius 3 is 1.53 bits per heavy atom. The number of hydrogen-bond donors (Lipinski definition) is 2. The van der Waals surface area contributed by atoms with E-state index in [1.165, 1.54) is 60.0 Å². The van der Waals surface area contributed by atoms with Gasteiger partial charge in [0.25, 0.3) is 0 Å². The maximum Gasteiger partial charge on any atom is 0.234 e. The van der Waals surface area contributed by atoms with Gasteiger partial charge in [0.2, 0.25) is 5.78 Å². The van der Waals surface area contributed by atoms with Crippen LogP contribution in [0.15, 0.2) is 70.4 Å². The molecule has 0 saturated carbocycles. The van der Waals surface area contributed by atoms with E-state index in [1.54, 1.807) is 24.3 Å². The van der Waals surface area contributed by atoms with Crippen molar-refractivity contribution in [1.82, 2.24) is 29.9 Å². The molecule has 6 aromatic heterocycles. The predicted octanol–water partition coefficient (Wildman–Crippen LogP) is 4.43. The number of thiazole rings is 2. The van der Waals surface area contributed by atoms with Gasteiger partial charge in [-0.2, -0.15) is 0 Å². The Balaban J connectivity index is 1.50. The van der Waals surface area contributed by atoms with Gasteiger partial charge in [-0.1, -0.05) is 22.7 Å². The molecule has 11 nitrogen and oxygen atoms in total. The molecule has 0 atom stereocenters. The van der Waals surface area contributed by atoms with Crippen LogP contribution >= 0.6 is 22.7 Å². The molecule has 0 saturated heterocycles. The van der Waals surface area contributed by atoms with Crippen LogP contribution in [0.2, 0.25) is 0 Å². The zero-order chi connectivity index (χ0) is 24.6. The Morgan fingerprint density at radius 2 is 1.11 bits per heavy atom. The van der Waals surface area contributed by atoms with Crippen molar-refractivity contribution in [3.63, 3.8) is 0 Å². The zero-order valence-electron chi connectivity index (χ0n) is 18.2. The van der Waals surface area contributed by atoms with E-state index in [-0.39, 0.29) is 11.4 Å². The van der Waals surface area contributed by atoms with Crippen molar-refractivity contribution in [2.75, 3.05) is 11.5 Å². The van der Waals surface area contributed by atoms with Crippen LogP contribution in [-0.2, 0) is 0 Å². The van der Waals surface area contributed by atoms with Gasteiger partial charge >= 0.3 is 0 Å². The van der Waals surface area contributed by atoms with E-state index in [9.17, 15) is 4.79 Å². The summed E-state index contributed by atoms with van der Waals surface area (Å²) in [6, 6.07) is 6.98. The van der Waals surface area contributed by atoms with Gasteiger partial charge in [0, 0.05) is 24.8 Å². The molecular weight excluding hydrogens is 500 g/mol. The van der Waals surface area contributed by atoms with Crippen LogP contribution in [0.5, 0.6) is 0 Å². The fourth-order valence-electron chi connectivity index (χ4n) is 3.61. The highest BCUT2D eigenvalue weighted by Crippen LogP contribution is 2.41. The molecule has 13 heteroatoms. The normalized spacial score (nSPS) is 11.1. The average molecular weight is 515 g/mol. The summed E-state index contributed by atoms with van der Waals surface area (Å²) in [5.74, 6) is 0.492. The summed E-state index contributed by atoms with van der Waals surface area (Å²) in [5, 5.41) is 0.590. The van der Waals surface area contributed by atoms with Gasteiger partial charge in [0.05, 0.1) is 22.3 Å². The smallest absolute Gasteiger partial charge is 0.234 e. The lowest BCUT2D eigenvalue weighted by atomic mass is 10.1. The lowest BCUT2D eigenvalue weighted by Gasteiger charge is -2.08. The predicted molar refractivity (Wildman–Crippen MR) is 134 cm³/mol. The van der Waals surface area contributed by atoms with Crippen LogP contribution in [0.3, 0.4) is 0 Å². The summed E-state index contributed by atoms with van der Waals surface area (Å²) >= 11 is 2.35. The van der Waals surface area contributed by atoms with E-state index in [0.717, 1.165) is 0 Å². The molecule has 0 fully saturated rings. The molecular formula is C23H14N8O3S2. The largest absolute Gasteiger partial charge is 0.463 e. The van der Waals surface area contributed by atoms with Crippen LogP contribution in [0.4, 0.5) is 10.3 Å². The van der Waals surface area contributed by atoms with Crippen molar-refractivity contribution in [2.45, 2.75) is 0 Å². The van der Waals surface area contributed by atoms with Crippen molar-refractivity contribution in [1.29, 1.82) is 0 Å². The first-order valence-corrected chi connectivity index (χ1v) is 12.0. The number of anilines is 2. The van der Waals surface area contributed by atoms with Gasteiger partial charge in [-0.3, -0.25) is 14.8 Å². The molecule has 0 aliphatic carbocycles. The molecule has 6 heterocycles. The van der Waals surface area contributed by atoms with Gasteiger partial charge in [0.15, 0.2) is 21.8 Å². The Labute approximate surface area is 210 Å². The maximum absolute atomic E-state index is 13.9. The fraction of sp³-hybridized carbons (Fsp3) is 0. The number of nitrogens with two attached hydrogens (primary N) is 2. The molecule has 0 radical (unpaired) electrons. The summed E-state index contributed by atoms with van der Waals surface area (Å²) in [6.45, 7) is 0. The van der Waals surface area contributed by atoms with Crippen molar-refractivity contribution < 1.29 is 13.6 Å². The third kappa shape index (κ3) is 3.72. The van der Waals surface area contributed by atoms with E-state index >= 15 is 0 Å². The van der Waals surface area contributed by atoms with E-state index in [2.05, 4.69) is 29.9 Å². The number of nitrogens with zero attached hydrogens (tertiary/aromatic N) is 6. The molecule has 6 rings (SSSR count). The van der Waals surface area contributed by atoms with Crippen molar-refractivity contribution in [2.24, 2.45) is 0 Å². The lowest BCUT2D eigenvalue weighted by Crippen LogP contribution is -2.11. The highest BCUT2D eigenvalue weighted by molar-refractivity contribution is 7.19. The molecule has 0 aliphatic rings. The van der Waals surface area contributed by atoms with Gasteiger partial charge < -0.3 is 20.3 Å². The average Bonchev–Trinajstić information content (AvgIpc) is 3.70. The standard InChI is InChI=1S/C23H14N8O3S2/c24-22-30-13(11-3-1-9-33-11)20(35-22)17-15(26-5-7-28-17)19(32)16-18(29-8-6-27-16)21-14(31-23(25)36-21)12-4-2-10-34-12/h1-10H,(H2,24,30)(H2,25,31). The second kappa shape index (κ2) is 8.79. The van der Waals surface area contributed by atoms with Crippen LogP contribution in [-0.4, -0.2) is 35.7 Å². The summed E-state index contributed by atoms with van der Waals surface area (Å²) < 4.78 is 11.0. The quantitative estimate of drug-likeness (QED) is 0.301. The van der Waals surface area contributed by atoms with Gasteiger partial charge in [-0.05, 0) is 24.3 Å². The SMILES string of the molecule is Nc1nc(-c2ccco2)c(-c2nccnc2C(=O)c2nccnc2-c2sc(N)nc2-c2ccco2)s1. The third-order valence-electron chi connectivity index (χ3n) is 5.05. The molecule has 0 spiro atoms. The third-order valence-corrected chi connectivity index (χ3v) is 6.84. The molecule has 0 amide bonds. The minimum atomic E-state index is -0.490. The number of hydrogen-bond acceptors (Lipinski definition) is 13. The number of nitrogen functional groups attached to an aromatic ring is 2. The number of carbonyl (C=O) groups excluding carboxylic acids is 1. The molecule has 0 unspecified atom stereocenters. The zero-order valence-corrected chi connectivity index (χ0v) is 19.8. The monoisotopic (exact) mass is 514 g/mol. The summed E-state index contributed by atoms with van der Waals surface area (Å²) in [4.78, 5) is 41.3. The minimum absolute atomic E-state index is 0.0627. The highest BCUT2D eigenvalue weighted by Gasteiger charge is 2.29. The van der Waals surface area contributed by atoms with Gasteiger partial charge in [-0.25, -0.2) is 19.9 Å². The van der Waals surface area contributed by atoms with Gasteiger partial charge in [0.1, 0.15) is 34.2 Å². The molecule has 4 N–H and O–H groups in total. The molecule has 0 aliphatic heterocycles. The van der Waals surface area contributed by atoms with Crippen LogP contribution < -0.4 is 11.5 Å². The molecule has 176 valence electrons. The highest BCUT2D eigenvalue weighted by atomic mass is 32.1. The summed E-state index contributed by atoms with van der Waals surface area (Å²) in [5.41, 5.74) is 13.7. The molecule has 6 aromatic rings. The molecule has 36 heavy (non-hydrogen) atoms. The topological polar surface area (TPSA) is 173 Å². The number of carbonyl (C=O) groups is 1. The lowest BCUT2D eigenvalue weighted by molar-refractivity contribution is 0.103. The number of rotatable bonds is 6. The first kappa shape index (κ1) is 21.8. The summed E-state index contributed by atoms with van der Waals surface area (Å²) in [6.07, 6.45) is 8.90. The van der Waals surface area contributed by atoms with Crippen LogP contribution in [0.25, 0.3) is 44.1 Å². The first-order chi connectivity index (χ1) is 17.6. The van der Waals surface area contributed by atoms with E-state index in [4.69, 9.17) is 20.3 Å². The summed E-state index contributed by atoms with van der Waals surface area (Å²) in [7, 11) is 0. The van der Waals surface area contributed by atoms with Crippen molar-refractivity contribution >= 4 is 38.7 Å². The fourth-order valence-corrected chi connectivity index (χ4v) is 5.28.